The molecule has 0 fully saturated rings. The number of aromatic nitrogens is 1. The lowest BCUT2D eigenvalue weighted by Gasteiger charge is -1.97. The van der Waals surface area contributed by atoms with Gasteiger partial charge in [-0.2, -0.15) is 0 Å². The summed E-state index contributed by atoms with van der Waals surface area (Å²) in [6, 6.07) is 1.02. The zero-order valence-electron chi connectivity index (χ0n) is 5.21. The van der Waals surface area contributed by atoms with Crippen molar-refractivity contribution < 1.29 is 14.3 Å². The standard InChI is InChI=1S/C6H3FINO2/c7-3-1-2-9-5(8)4(3)6(10)11/h1-2H,(H,10,11). The fourth-order valence-corrected chi connectivity index (χ4v) is 1.25. The minimum absolute atomic E-state index is 0.162. The Labute approximate surface area is 75.4 Å². The topological polar surface area (TPSA) is 50.2 Å². The van der Waals surface area contributed by atoms with Gasteiger partial charge in [0.1, 0.15) is 15.1 Å². The van der Waals surface area contributed by atoms with Gasteiger partial charge in [0.15, 0.2) is 0 Å². The fraction of sp³-hybridized carbons (Fsp3) is 0. The summed E-state index contributed by atoms with van der Waals surface area (Å²) in [4.78, 5) is 14.0. The first kappa shape index (κ1) is 8.38. The van der Waals surface area contributed by atoms with Crippen LogP contribution in [0.5, 0.6) is 0 Å². The number of hydrogen-bond acceptors (Lipinski definition) is 2. The van der Waals surface area contributed by atoms with Gasteiger partial charge in [-0.25, -0.2) is 14.2 Å². The average Bonchev–Trinajstić information content (AvgIpc) is 1.85. The first-order chi connectivity index (χ1) is 5.13. The van der Waals surface area contributed by atoms with Gasteiger partial charge in [-0.05, 0) is 28.7 Å². The van der Waals surface area contributed by atoms with Gasteiger partial charge in [0.25, 0.3) is 0 Å². The van der Waals surface area contributed by atoms with Crippen molar-refractivity contribution in [3.63, 3.8) is 0 Å². The van der Waals surface area contributed by atoms with Gasteiger partial charge in [0.05, 0.1) is 0 Å². The SMILES string of the molecule is O=C(O)c1c(F)ccnc1I. The lowest BCUT2D eigenvalue weighted by molar-refractivity contribution is 0.0690. The van der Waals surface area contributed by atoms with E-state index in [1.54, 1.807) is 22.6 Å². The molecular formula is C6H3FINO2. The number of hydrogen-bond donors (Lipinski definition) is 1. The van der Waals surface area contributed by atoms with E-state index in [4.69, 9.17) is 5.11 Å². The Kier molecular flexibility index (Phi) is 2.38. The molecule has 0 saturated carbocycles. The molecule has 0 aliphatic rings. The van der Waals surface area contributed by atoms with Crippen molar-refractivity contribution in [2.45, 2.75) is 0 Å². The summed E-state index contributed by atoms with van der Waals surface area (Å²) in [6.07, 6.45) is 1.23. The van der Waals surface area contributed by atoms with E-state index in [2.05, 4.69) is 4.98 Å². The van der Waals surface area contributed by atoms with Crippen molar-refractivity contribution in [1.82, 2.24) is 4.98 Å². The summed E-state index contributed by atoms with van der Waals surface area (Å²) < 4.78 is 12.8. The molecule has 0 unspecified atom stereocenters. The molecule has 0 aliphatic carbocycles. The van der Waals surface area contributed by atoms with Gasteiger partial charge in [0, 0.05) is 6.20 Å². The molecule has 0 radical (unpaired) electrons. The molecule has 1 N–H and O–H groups in total. The van der Waals surface area contributed by atoms with Crippen molar-refractivity contribution in [3.8, 4) is 0 Å². The second kappa shape index (κ2) is 3.12. The molecule has 0 aromatic carbocycles. The smallest absolute Gasteiger partial charge is 0.341 e. The van der Waals surface area contributed by atoms with Crippen LogP contribution in [0, 0.1) is 9.52 Å². The van der Waals surface area contributed by atoms with E-state index >= 15 is 0 Å². The molecular weight excluding hydrogens is 264 g/mol. The summed E-state index contributed by atoms with van der Waals surface area (Å²) in [5.41, 5.74) is -0.367. The Hall–Kier alpha value is -0.720. The van der Waals surface area contributed by atoms with Crippen LogP contribution in [0.15, 0.2) is 12.3 Å². The van der Waals surface area contributed by atoms with E-state index in [0.717, 1.165) is 6.07 Å². The van der Waals surface area contributed by atoms with Crippen LogP contribution in [0.4, 0.5) is 4.39 Å². The number of carboxylic acids is 1. The maximum atomic E-state index is 12.7. The lowest BCUT2D eigenvalue weighted by Crippen LogP contribution is -2.04. The van der Waals surface area contributed by atoms with E-state index in [1.165, 1.54) is 6.20 Å². The Balaban J connectivity index is 3.32. The summed E-state index contributed by atoms with van der Waals surface area (Å²) >= 11 is 1.67. The Bertz CT molecular complexity index is 282. The van der Waals surface area contributed by atoms with E-state index in [9.17, 15) is 9.18 Å². The van der Waals surface area contributed by atoms with Gasteiger partial charge < -0.3 is 5.11 Å². The van der Waals surface area contributed by atoms with E-state index in [-0.39, 0.29) is 9.26 Å². The van der Waals surface area contributed by atoms with Gasteiger partial charge in [-0.3, -0.25) is 0 Å². The predicted molar refractivity (Wildman–Crippen MR) is 43.9 cm³/mol. The maximum Gasteiger partial charge on any atom is 0.341 e. The molecule has 1 aromatic heterocycles. The van der Waals surface area contributed by atoms with Crippen molar-refractivity contribution in [3.05, 3.63) is 27.3 Å². The van der Waals surface area contributed by atoms with Crippen LogP contribution in [0.3, 0.4) is 0 Å². The zero-order chi connectivity index (χ0) is 8.43. The highest BCUT2D eigenvalue weighted by Gasteiger charge is 2.14. The molecule has 11 heavy (non-hydrogen) atoms. The molecule has 0 bridgehead atoms. The predicted octanol–water partition coefficient (Wildman–Crippen LogP) is 1.52. The summed E-state index contributed by atoms with van der Waals surface area (Å²) in [7, 11) is 0. The highest BCUT2D eigenvalue weighted by atomic mass is 127. The van der Waals surface area contributed by atoms with Crippen molar-refractivity contribution >= 4 is 28.6 Å². The van der Waals surface area contributed by atoms with Crippen LogP contribution in [0.25, 0.3) is 0 Å². The molecule has 0 spiro atoms. The molecule has 5 heteroatoms. The summed E-state index contributed by atoms with van der Waals surface area (Å²) in [5.74, 6) is -2.04. The average molecular weight is 267 g/mol. The van der Waals surface area contributed by atoms with Crippen molar-refractivity contribution in [1.29, 1.82) is 0 Å². The second-order valence-electron chi connectivity index (χ2n) is 1.76. The van der Waals surface area contributed by atoms with Gasteiger partial charge in [0.2, 0.25) is 0 Å². The second-order valence-corrected chi connectivity index (χ2v) is 2.79. The normalized spacial score (nSPS) is 9.64. The van der Waals surface area contributed by atoms with E-state index < -0.39 is 11.8 Å². The van der Waals surface area contributed by atoms with Crippen LogP contribution >= 0.6 is 22.6 Å². The fourth-order valence-electron chi connectivity index (χ4n) is 0.605. The van der Waals surface area contributed by atoms with Crippen molar-refractivity contribution in [2.75, 3.05) is 0 Å². The molecule has 1 rings (SSSR count). The van der Waals surface area contributed by atoms with E-state index in [0.29, 0.717) is 0 Å². The Morgan fingerprint density at radius 3 is 2.73 bits per heavy atom. The third-order valence-corrected chi connectivity index (χ3v) is 1.89. The molecule has 1 aromatic rings. The first-order valence-corrected chi connectivity index (χ1v) is 3.74. The summed E-state index contributed by atoms with van der Waals surface area (Å²) in [6.45, 7) is 0. The molecule has 1 heterocycles. The minimum Gasteiger partial charge on any atom is -0.477 e. The first-order valence-electron chi connectivity index (χ1n) is 2.66. The number of aromatic carboxylic acids is 1. The molecule has 0 atom stereocenters. The number of carboxylic acid groups (broad SMARTS) is 1. The number of pyridine rings is 1. The van der Waals surface area contributed by atoms with Crippen molar-refractivity contribution in [2.24, 2.45) is 0 Å². The van der Waals surface area contributed by atoms with Gasteiger partial charge in [-0.15, -0.1) is 0 Å². The van der Waals surface area contributed by atoms with Gasteiger partial charge >= 0.3 is 5.97 Å². The third kappa shape index (κ3) is 1.65. The summed E-state index contributed by atoms with van der Waals surface area (Å²) in [5, 5.41) is 8.46. The maximum absolute atomic E-state index is 12.7. The molecule has 0 amide bonds. The van der Waals surface area contributed by atoms with Crippen LogP contribution < -0.4 is 0 Å². The molecule has 58 valence electrons. The van der Waals surface area contributed by atoms with Crippen LogP contribution in [-0.2, 0) is 0 Å². The minimum atomic E-state index is -1.29. The third-order valence-electron chi connectivity index (χ3n) is 1.07. The number of carbonyl (C=O) groups is 1. The number of halogens is 2. The zero-order valence-corrected chi connectivity index (χ0v) is 7.37. The van der Waals surface area contributed by atoms with Crippen LogP contribution in [0.1, 0.15) is 10.4 Å². The monoisotopic (exact) mass is 267 g/mol. The lowest BCUT2D eigenvalue weighted by atomic mass is 10.3. The highest BCUT2D eigenvalue weighted by Crippen LogP contribution is 2.12. The largest absolute Gasteiger partial charge is 0.477 e. The number of nitrogens with zero attached hydrogens (tertiary/aromatic N) is 1. The number of rotatable bonds is 1. The van der Waals surface area contributed by atoms with E-state index in [1.807, 2.05) is 0 Å². The Morgan fingerprint density at radius 2 is 2.36 bits per heavy atom. The molecule has 0 saturated heterocycles. The van der Waals surface area contributed by atoms with Crippen LogP contribution in [-0.4, -0.2) is 16.1 Å². The highest BCUT2D eigenvalue weighted by molar-refractivity contribution is 14.1. The van der Waals surface area contributed by atoms with Gasteiger partial charge in [-0.1, -0.05) is 0 Å². The molecule has 0 aliphatic heterocycles. The Morgan fingerprint density at radius 1 is 1.73 bits per heavy atom. The quantitative estimate of drug-likeness (QED) is 0.620. The molecule has 3 nitrogen and oxygen atoms in total. The van der Waals surface area contributed by atoms with Crippen LogP contribution in [0.2, 0.25) is 0 Å².